The first-order valence-electron chi connectivity index (χ1n) is 14.5. The number of methoxy groups -OCH3 is 2. The summed E-state index contributed by atoms with van der Waals surface area (Å²) in [5.41, 5.74) is 2.98. The van der Waals surface area contributed by atoms with Crippen LogP contribution in [0, 0.1) is 0 Å². The molecule has 3 aromatic carbocycles. The van der Waals surface area contributed by atoms with Crippen molar-refractivity contribution >= 4 is 6.08 Å². The molecule has 5 rings (SSSR count). The summed E-state index contributed by atoms with van der Waals surface area (Å²) in [7, 11) is 2.85. The number of benzene rings is 3. The molecule has 0 saturated carbocycles. The zero-order valence-corrected chi connectivity index (χ0v) is 24.8. The average Bonchev–Trinajstić information content (AvgIpc) is 3.06. The van der Waals surface area contributed by atoms with Gasteiger partial charge in [-0.05, 0) is 35.4 Å². The Balaban J connectivity index is 1.61. The van der Waals surface area contributed by atoms with Crippen LogP contribution in [0.5, 0.6) is 28.7 Å². The molecule has 0 aliphatic carbocycles. The summed E-state index contributed by atoms with van der Waals surface area (Å²) in [5.74, 6) is 1.48. The maximum Gasteiger partial charge on any atom is 0.187 e. The van der Waals surface area contributed by atoms with E-state index in [2.05, 4.69) is 0 Å². The van der Waals surface area contributed by atoms with E-state index in [-0.39, 0.29) is 24.5 Å². The van der Waals surface area contributed by atoms with E-state index in [0.717, 1.165) is 5.56 Å². The summed E-state index contributed by atoms with van der Waals surface area (Å²) >= 11 is 0. The zero-order valence-electron chi connectivity index (χ0n) is 24.8. The smallest absolute Gasteiger partial charge is 0.187 e. The topological polar surface area (TPSA) is 188 Å². The summed E-state index contributed by atoms with van der Waals surface area (Å²) in [6.07, 6.45) is -6.84. The van der Waals surface area contributed by atoms with Gasteiger partial charge >= 0.3 is 0 Å². The van der Waals surface area contributed by atoms with E-state index < -0.39 is 49.5 Å². The lowest BCUT2D eigenvalue weighted by Gasteiger charge is -2.41. The molecule has 12 nitrogen and oxygen atoms in total. The molecule has 0 spiro atoms. The van der Waals surface area contributed by atoms with Crippen molar-refractivity contribution in [1.29, 1.82) is 0 Å². The van der Waals surface area contributed by atoms with Crippen molar-refractivity contribution in [2.45, 2.75) is 55.8 Å². The molecule has 0 unspecified atom stereocenters. The van der Waals surface area contributed by atoms with Crippen molar-refractivity contribution in [3.8, 4) is 28.7 Å². The minimum Gasteiger partial charge on any atom is -0.504 e. The van der Waals surface area contributed by atoms with Crippen molar-refractivity contribution in [3.63, 3.8) is 0 Å². The van der Waals surface area contributed by atoms with Crippen LogP contribution >= 0.6 is 0 Å². The van der Waals surface area contributed by atoms with Crippen molar-refractivity contribution < 1.29 is 59.4 Å². The Morgan fingerprint density at radius 2 is 1.71 bits per heavy atom. The molecule has 45 heavy (non-hydrogen) atoms. The summed E-state index contributed by atoms with van der Waals surface area (Å²) in [6.45, 7) is -0.864. The van der Waals surface area contributed by atoms with E-state index in [1.54, 1.807) is 30.4 Å². The van der Waals surface area contributed by atoms with E-state index in [9.17, 15) is 35.7 Å². The molecule has 7 atom stereocenters. The third-order valence-electron chi connectivity index (χ3n) is 8.07. The number of aliphatic hydroxyl groups excluding tert-OH is 6. The Bertz CT molecular complexity index is 1510. The largest absolute Gasteiger partial charge is 0.504 e. The second-order valence-corrected chi connectivity index (χ2v) is 10.9. The van der Waals surface area contributed by atoms with Crippen LogP contribution in [0.2, 0.25) is 0 Å². The zero-order chi connectivity index (χ0) is 32.2. The van der Waals surface area contributed by atoms with Gasteiger partial charge in [0.25, 0.3) is 0 Å². The number of ether oxygens (including phenoxy) is 5. The van der Waals surface area contributed by atoms with E-state index in [0.29, 0.717) is 45.9 Å². The summed E-state index contributed by atoms with van der Waals surface area (Å²) < 4.78 is 29.2. The monoisotopic (exact) mass is 626 g/mol. The van der Waals surface area contributed by atoms with Gasteiger partial charge in [0, 0.05) is 29.5 Å². The van der Waals surface area contributed by atoms with Gasteiger partial charge in [0.1, 0.15) is 47.8 Å². The standard InChI is InChI=1S/C33H38O12/c1-41-23-12-17(9-10-21(23)36)13-25(44-33-31(40)30(39)29(38)26(16-35)45-33)28(37)27-20-14-18-6-3-4-8-22(18)43-32(20)19(7-5-11-34)15-24(27)42-2/h3-10,12,15,25-26,28-31,33-40H,11,13-14,16H2,1-2H3/t25-,26+,28-,29+,30-,31-,33+/m0/s1. The highest BCUT2D eigenvalue weighted by atomic mass is 16.7. The third-order valence-corrected chi connectivity index (χ3v) is 8.07. The number of aromatic hydroxyl groups is 1. The maximum absolute atomic E-state index is 12.2. The fourth-order valence-electron chi connectivity index (χ4n) is 5.73. The number of phenols is 1. The van der Waals surface area contributed by atoms with Gasteiger partial charge in [0.05, 0.1) is 33.5 Å². The summed E-state index contributed by atoms with van der Waals surface area (Å²) in [5, 5.41) is 73.0. The molecule has 2 aliphatic rings. The Kier molecular flexibility index (Phi) is 10.3. The highest BCUT2D eigenvalue weighted by Crippen LogP contribution is 2.47. The Hall–Kier alpha value is -3.72. The van der Waals surface area contributed by atoms with Crippen LogP contribution in [0.15, 0.2) is 54.6 Å². The first-order valence-corrected chi connectivity index (χ1v) is 14.5. The first kappa shape index (κ1) is 32.7. The van der Waals surface area contributed by atoms with Gasteiger partial charge < -0.3 is 59.4 Å². The van der Waals surface area contributed by atoms with Gasteiger partial charge in [-0.25, -0.2) is 0 Å². The molecule has 7 N–H and O–H groups in total. The fraction of sp³-hybridized carbons (Fsp3) is 0.394. The normalized spacial score (nSPS) is 24.0. The number of fused-ring (bicyclic) bond motifs is 2. The quantitative estimate of drug-likeness (QED) is 0.128. The van der Waals surface area contributed by atoms with Crippen LogP contribution in [-0.4, -0.2) is 100.0 Å². The molecule has 1 saturated heterocycles. The minimum absolute atomic E-state index is 0.00559. The molecule has 0 aromatic heterocycles. The van der Waals surface area contributed by atoms with Crippen LogP contribution in [-0.2, 0) is 22.3 Å². The fourth-order valence-corrected chi connectivity index (χ4v) is 5.73. The van der Waals surface area contributed by atoms with Crippen LogP contribution in [0.4, 0.5) is 0 Å². The van der Waals surface area contributed by atoms with Crippen molar-refractivity contribution in [3.05, 3.63) is 82.4 Å². The Labute approximate surface area is 259 Å². The van der Waals surface area contributed by atoms with Gasteiger partial charge in [-0.1, -0.05) is 36.4 Å². The molecule has 12 heteroatoms. The van der Waals surface area contributed by atoms with Gasteiger partial charge in [-0.3, -0.25) is 0 Å². The second-order valence-electron chi connectivity index (χ2n) is 10.9. The molecular formula is C33H38O12. The number of para-hydroxylation sites is 1. The molecule has 3 aromatic rings. The van der Waals surface area contributed by atoms with Crippen LogP contribution < -0.4 is 14.2 Å². The third kappa shape index (κ3) is 6.64. The predicted octanol–water partition coefficient (Wildman–Crippen LogP) is 1.57. The van der Waals surface area contributed by atoms with Crippen LogP contribution in [0.25, 0.3) is 6.08 Å². The second kappa shape index (κ2) is 14.1. The van der Waals surface area contributed by atoms with E-state index >= 15 is 0 Å². The lowest BCUT2D eigenvalue weighted by atomic mass is 9.87. The van der Waals surface area contributed by atoms with E-state index in [4.69, 9.17) is 23.7 Å². The molecular weight excluding hydrogens is 588 g/mol. The van der Waals surface area contributed by atoms with Crippen LogP contribution in [0.3, 0.4) is 0 Å². The maximum atomic E-state index is 12.2. The number of phenolic OH excluding ortho intramolecular Hbond substituents is 1. The molecule has 1 fully saturated rings. The Morgan fingerprint density at radius 3 is 2.42 bits per heavy atom. The molecule has 0 bridgehead atoms. The predicted molar refractivity (Wildman–Crippen MR) is 160 cm³/mol. The van der Waals surface area contributed by atoms with Crippen LogP contribution in [0.1, 0.15) is 33.9 Å². The molecule has 2 aliphatic heterocycles. The number of rotatable bonds is 11. The number of hydrogen-bond donors (Lipinski definition) is 7. The Morgan fingerprint density at radius 1 is 0.956 bits per heavy atom. The highest BCUT2D eigenvalue weighted by Gasteiger charge is 2.46. The number of hydrogen-bond acceptors (Lipinski definition) is 12. The lowest BCUT2D eigenvalue weighted by molar-refractivity contribution is -0.317. The molecule has 0 radical (unpaired) electrons. The SMILES string of the molecule is COc1cc(C[C@H](O[C@@H]2O[C@H](CO)[C@@H](O)[C@H](O)[C@@H]2O)[C@H](O)c2c(OC)cc(C=CCO)c3c2Cc2ccccc2O3)ccc1O. The van der Waals surface area contributed by atoms with Gasteiger partial charge in [0.15, 0.2) is 17.8 Å². The summed E-state index contributed by atoms with van der Waals surface area (Å²) in [6, 6.07) is 13.8. The lowest BCUT2D eigenvalue weighted by Crippen LogP contribution is -2.60. The first-order chi connectivity index (χ1) is 21.7. The van der Waals surface area contributed by atoms with Gasteiger partial charge in [-0.15, -0.1) is 0 Å². The number of aliphatic hydroxyl groups is 6. The van der Waals surface area contributed by atoms with Crippen molar-refractivity contribution in [2.75, 3.05) is 27.4 Å². The highest BCUT2D eigenvalue weighted by molar-refractivity contribution is 5.69. The average molecular weight is 627 g/mol. The van der Waals surface area contributed by atoms with E-state index in [1.165, 1.54) is 20.3 Å². The minimum atomic E-state index is -1.72. The van der Waals surface area contributed by atoms with E-state index in [1.807, 2.05) is 24.3 Å². The molecule has 242 valence electrons. The summed E-state index contributed by atoms with van der Waals surface area (Å²) in [4.78, 5) is 0. The molecule has 2 heterocycles. The van der Waals surface area contributed by atoms with Gasteiger partial charge in [0.2, 0.25) is 0 Å². The van der Waals surface area contributed by atoms with Crippen molar-refractivity contribution in [1.82, 2.24) is 0 Å². The van der Waals surface area contributed by atoms with Gasteiger partial charge in [-0.2, -0.15) is 0 Å². The molecule has 0 amide bonds. The van der Waals surface area contributed by atoms with Crippen molar-refractivity contribution in [2.24, 2.45) is 0 Å².